The van der Waals surface area contributed by atoms with Gasteiger partial charge in [0.1, 0.15) is 29.9 Å². The number of nitrogens with zero attached hydrogens (tertiary/aromatic N) is 4. The number of imidazole rings is 1. The summed E-state index contributed by atoms with van der Waals surface area (Å²) in [6, 6.07) is 15.6. The predicted molar refractivity (Wildman–Crippen MR) is 197 cm³/mol. The second-order valence-corrected chi connectivity index (χ2v) is 15.6. The first-order valence-electron chi connectivity index (χ1n) is 17.5. The number of nitrogens with two attached hydrogens (primary N) is 1. The molecule has 3 heterocycles. The zero-order valence-corrected chi connectivity index (χ0v) is 31.9. The molecule has 1 aliphatic heterocycles. The summed E-state index contributed by atoms with van der Waals surface area (Å²) in [6.07, 6.45) is -3.78. The van der Waals surface area contributed by atoms with Crippen molar-refractivity contribution in [1.82, 2.24) is 29.7 Å². The summed E-state index contributed by atoms with van der Waals surface area (Å²) in [5, 5.41) is 28.6. The standard InChI is InChI=1S/C36H48N7O10P/c1-21(2)51-32(45)25(17-23-13-9-7-10-14-23)41-54(48,42-26(33(46)52-22(3)4)18-24-15-11-8-12-16-24)50-19-27-29(44)36(5,47)34(53-27)43-20-38-28-30(43)39-35(37)40-31(28)49-6/h7-16,20-22,25-27,29,34,44,47H,17-19H2,1-6H3,(H2,37,39,40)(H2,41,42,48)/t25?,26?,27-,29?,34-,36?,54?/m1/s1. The number of nitrogens with one attached hydrogen (secondary N) is 2. The van der Waals surface area contributed by atoms with Crippen LogP contribution in [0.15, 0.2) is 67.0 Å². The number of rotatable bonds is 17. The van der Waals surface area contributed by atoms with E-state index in [9.17, 15) is 19.8 Å². The highest BCUT2D eigenvalue weighted by Gasteiger charge is 2.54. The van der Waals surface area contributed by atoms with Crippen LogP contribution in [0.4, 0.5) is 5.95 Å². The van der Waals surface area contributed by atoms with Gasteiger partial charge >= 0.3 is 19.6 Å². The van der Waals surface area contributed by atoms with Gasteiger partial charge in [0.15, 0.2) is 17.4 Å². The van der Waals surface area contributed by atoms with E-state index in [0.29, 0.717) is 0 Å². The number of carbonyl (C=O) groups excluding carboxylic acids is 2. The van der Waals surface area contributed by atoms with Gasteiger partial charge in [0.05, 0.1) is 32.3 Å². The van der Waals surface area contributed by atoms with Gasteiger partial charge in [-0.05, 0) is 58.6 Å². The molecule has 0 spiro atoms. The highest BCUT2D eigenvalue weighted by atomic mass is 31.2. The quantitative estimate of drug-likeness (QED) is 0.0768. The second-order valence-electron chi connectivity index (χ2n) is 13.7. The van der Waals surface area contributed by atoms with Crippen molar-refractivity contribution in [2.75, 3.05) is 19.5 Å². The van der Waals surface area contributed by atoms with Crippen LogP contribution < -0.4 is 20.6 Å². The summed E-state index contributed by atoms with van der Waals surface area (Å²) in [7, 11) is -3.12. The van der Waals surface area contributed by atoms with Crippen molar-refractivity contribution in [1.29, 1.82) is 0 Å². The van der Waals surface area contributed by atoms with Crippen molar-refractivity contribution < 1.29 is 47.8 Å². The van der Waals surface area contributed by atoms with Gasteiger partial charge in [-0.15, -0.1) is 0 Å². The molecule has 17 nitrogen and oxygen atoms in total. The Labute approximate surface area is 313 Å². The Morgan fingerprint density at radius 2 is 1.46 bits per heavy atom. The number of esters is 2. The van der Waals surface area contributed by atoms with E-state index in [-0.39, 0.29) is 35.8 Å². The van der Waals surface area contributed by atoms with Crippen molar-refractivity contribution in [2.45, 2.75) is 95.8 Å². The zero-order valence-electron chi connectivity index (χ0n) is 31.0. The lowest BCUT2D eigenvalue weighted by atomic mass is 9.96. The molecule has 5 rings (SSSR count). The highest BCUT2D eigenvalue weighted by molar-refractivity contribution is 7.54. The van der Waals surface area contributed by atoms with E-state index in [2.05, 4.69) is 25.1 Å². The second kappa shape index (κ2) is 17.3. The molecule has 6 atom stereocenters. The van der Waals surface area contributed by atoms with Gasteiger partial charge < -0.3 is 39.4 Å². The fraction of sp³-hybridized carbons (Fsp3) is 0.472. The van der Waals surface area contributed by atoms with Crippen LogP contribution in [0.2, 0.25) is 0 Å². The van der Waals surface area contributed by atoms with E-state index >= 15 is 4.57 Å². The number of fused-ring (bicyclic) bond motifs is 1. The van der Waals surface area contributed by atoms with Gasteiger partial charge in [-0.2, -0.15) is 9.97 Å². The molecule has 4 aromatic rings. The molecule has 1 fully saturated rings. The average Bonchev–Trinajstić information content (AvgIpc) is 3.63. The molecule has 0 saturated carbocycles. The maximum Gasteiger partial charge on any atom is 0.342 e. The van der Waals surface area contributed by atoms with Gasteiger partial charge in [0.2, 0.25) is 11.8 Å². The number of aliphatic hydroxyl groups is 2. The molecule has 292 valence electrons. The van der Waals surface area contributed by atoms with Crippen molar-refractivity contribution in [3.05, 3.63) is 78.1 Å². The van der Waals surface area contributed by atoms with E-state index in [1.165, 1.54) is 24.9 Å². The van der Waals surface area contributed by atoms with Crippen LogP contribution in [0.3, 0.4) is 0 Å². The number of aromatic nitrogens is 4. The lowest BCUT2D eigenvalue weighted by Gasteiger charge is -2.30. The molecule has 0 bridgehead atoms. The molecule has 6 N–H and O–H groups in total. The van der Waals surface area contributed by atoms with Crippen LogP contribution in [0.1, 0.15) is 52.0 Å². The van der Waals surface area contributed by atoms with Crippen LogP contribution >= 0.6 is 7.67 Å². The van der Waals surface area contributed by atoms with Gasteiger partial charge in [-0.1, -0.05) is 60.7 Å². The van der Waals surface area contributed by atoms with E-state index in [4.69, 9.17) is 29.2 Å². The summed E-state index contributed by atoms with van der Waals surface area (Å²) in [5.41, 5.74) is 5.77. The zero-order chi connectivity index (χ0) is 39.2. The summed E-state index contributed by atoms with van der Waals surface area (Å²) >= 11 is 0. The Morgan fingerprint density at radius 1 is 0.944 bits per heavy atom. The molecular weight excluding hydrogens is 721 g/mol. The third-order valence-corrected chi connectivity index (χ3v) is 10.3. The third kappa shape index (κ3) is 9.78. The Kier molecular flexibility index (Phi) is 13.1. The SMILES string of the molecule is COc1nc(N)nc2c1ncn2[C@@H]1O[C@H](COP(=O)(NC(Cc2ccccc2)C(=O)OC(C)C)NC(Cc2ccccc2)C(=O)OC(C)C)C(O)C1(C)O. The summed E-state index contributed by atoms with van der Waals surface area (Å²) in [5.74, 6) is -1.46. The van der Waals surface area contributed by atoms with E-state index in [1.54, 1.807) is 76.2 Å². The van der Waals surface area contributed by atoms with Crippen molar-refractivity contribution in [3.63, 3.8) is 0 Å². The van der Waals surface area contributed by atoms with Gasteiger partial charge in [-0.25, -0.2) is 15.2 Å². The minimum Gasteiger partial charge on any atom is -0.479 e. The van der Waals surface area contributed by atoms with Gasteiger partial charge in [0.25, 0.3) is 0 Å². The largest absolute Gasteiger partial charge is 0.479 e. The van der Waals surface area contributed by atoms with Crippen molar-refractivity contribution in [3.8, 4) is 5.88 Å². The Morgan fingerprint density at radius 3 is 1.94 bits per heavy atom. The molecule has 4 unspecified atom stereocenters. The number of anilines is 1. The highest BCUT2D eigenvalue weighted by Crippen LogP contribution is 2.44. The first-order chi connectivity index (χ1) is 25.6. The van der Waals surface area contributed by atoms with Crippen LogP contribution in [0, 0.1) is 0 Å². The summed E-state index contributed by atoms with van der Waals surface area (Å²) < 4.78 is 45.0. The Hall–Kier alpha value is -4.48. The number of benzene rings is 2. The number of methoxy groups -OCH3 is 1. The molecule has 1 saturated heterocycles. The molecule has 18 heteroatoms. The van der Waals surface area contributed by atoms with E-state index in [1.807, 2.05) is 12.1 Å². The fourth-order valence-corrected chi connectivity index (χ4v) is 7.79. The molecule has 0 aliphatic carbocycles. The lowest BCUT2D eigenvalue weighted by Crippen LogP contribution is -2.48. The molecular formula is C36H48N7O10P. The number of hydrogen-bond donors (Lipinski definition) is 5. The Balaban J connectivity index is 1.48. The van der Waals surface area contributed by atoms with Gasteiger partial charge in [0, 0.05) is 0 Å². The number of aliphatic hydroxyl groups excluding tert-OH is 1. The monoisotopic (exact) mass is 769 g/mol. The summed E-state index contributed by atoms with van der Waals surface area (Å²) in [6.45, 7) is 7.50. The minimum atomic E-state index is -4.50. The van der Waals surface area contributed by atoms with Crippen LogP contribution in [-0.4, -0.2) is 97.5 Å². The van der Waals surface area contributed by atoms with E-state index < -0.39 is 74.5 Å². The van der Waals surface area contributed by atoms with Crippen LogP contribution in [0.5, 0.6) is 5.88 Å². The average molecular weight is 770 g/mol. The number of carbonyl (C=O) groups is 2. The topological polar surface area (TPSA) is 231 Å². The number of nitrogen functional groups attached to an aromatic ring is 1. The first kappa shape index (κ1) is 40.7. The van der Waals surface area contributed by atoms with Crippen molar-refractivity contribution >= 4 is 36.7 Å². The number of hydrogen-bond acceptors (Lipinski definition) is 14. The normalized spacial score (nSPS) is 22.2. The Bertz CT molecular complexity index is 1860. The predicted octanol–water partition coefficient (Wildman–Crippen LogP) is 2.86. The van der Waals surface area contributed by atoms with Crippen molar-refractivity contribution in [2.24, 2.45) is 0 Å². The molecule has 2 aromatic carbocycles. The maximum atomic E-state index is 15.1. The van der Waals surface area contributed by atoms with Crippen LogP contribution in [0.25, 0.3) is 11.2 Å². The third-order valence-electron chi connectivity index (χ3n) is 8.52. The first-order valence-corrected chi connectivity index (χ1v) is 19.1. The van der Waals surface area contributed by atoms with Gasteiger partial charge in [-0.3, -0.25) is 18.7 Å². The minimum absolute atomic E-state index is 0.0444. The molecule has 1 aliphatic rings. The molecule has 2 aromatic heterocycles. The maximum absolute atomic E-state index is 15.1. The summed E-state index contributed by atoms with van der Waals surface area (Å²) in [4.78, 5) is 39.6. The fourth-order valence-electron chi connectivity index (χ4n) is 5.99. The smallest absolute Gasteiger partial charge is 0.342 e. The molecule has 54 heavy (non-hydrogen) atoms. The lowest BCUT2D eigenvalue weighted by molar-refractivity contribution is -0.150. The molecule has 0 amide bonds. The number of ether oxygens (including phenoxy) is 4. The molecule has 0 radical (unpaired) electrons. The van der Waals surface area contributed by atoms with E-state index in [0.717, 1.165) is 11.1 Å². The van der Waals surface area contributed by atoms with Crippen LogP contribution in [-0.2, 0) is 45.7 Å².